The fourth-order valence-electron chi connectivity index (χ4n) is 1.25. The van der Waals surface area contributed by atoms with Crippen molar-refractivity contribution in [3.8, 4) is 0 Å². The molecule has 0 aromatic carbocycles. The van der Waals surface area contributed by atoms with Gasteiger partial charge in [0.2, 0.25) is 0 Å². The molecule has 0 aliphatic carbocycles. The number of aromatic nitrogens is 3. The molecule has 5 nitrogen and oxygen atoms in total. The van der Waals surface area contributed by atoms with Gasteiger partial charge in [0.05, 0.1) is 6.54 Å². The molecule has 0 saturated carbocycles. The monoisotopic (exact) mass is 198 g/mol. The first kappa shape index (κ1) is 11.1. The third kappa shape index (κ3) is 3.08. The van der Waals surface area contributed by atoms with E-state index in [0.717, 1.165) is 18.8 Å². The Morgan fingerprint density at radius 2 is 2.43 bits per heavy atom. The quantitative estimate of drug-likeness (QED) is 0.683. The first-order valence-electron chi connectivity index (χ1n) is 4.98. The molecule has 0 bridgehead atoms. The predicted octanol–water partition coefficient (Wildman–Crippen LogP) is 0.158. The molecule has 1 rings (SSSR count). The molecule has 0 amide bonds. The van der Waals surface area contributed by atoms with E-state index in [4.69, 9.17) is 5.11 Å². The summed E-state index contributed by atoms with van der Waals surface area (Å²) < 4.78 is 1.86. The Labute approximate surface area is 84.2 Å². The molecule has 1 atom stereocenters. The summed E-state index contributed by atoms with van der Waals surface area (Å²) in [6.07, 6.45) is 2.33. The van der Waals surface area contributed by atoms with Crippen molar-refractivity contribution >= 4 is 0 Å². The number of nitrogens with zero attached hydrogens (tertiary/aromatic N) is 3. The molecule has 1 aromatic rings. The van der Waals surface area contributed by atoms with E-state index in [-0.39, 0.29) is 6.61 Å². The number of hydrogen-bond acceptors (Lipinski definition) is 4. The predicted molar refractivity (Wildman–Crippen MR) is 53.7 cm³/mol. The number of aliphatic hydroxyl groups excluding tert-OH is 1. The second-order valence-corrected chi connectivity index (χ2v) is 3.29. The normalized spacial score (nSPS) is 13.1. The molecule has 0 radical (unpaired) electrons. The van der Waals surface area contributed by atoms with Gasteiger partial charge in [-0.3, -0.25) is 0 Å². The second kappa shape index (κ2) is 5.72. The molecule has 0 saturated heterocycles. The van der Waals surface area contributed by atoms with Gasteiger partial charge in [-0.05, 0) is 20.3 Å². The van der Waals surface area contributed by atoms with Gasteiger partial charge in [-0.25, -0.2) is 9.67 Å². The molecule has 0 aliphatic rings. The Morgan fingerprint density at radius 3 is 3.07 bits per heavy atom. The van der Waals surface area contributed by atoms with Gasteiger partial charge in [0, 0.05) is 19.2 Å². The zero-order valence-corrected chi connectivity index (χ0v) is 8.77. The van der Waals surface area contributed by atoms with Gasteiger partial charge in [0.15, 0.2) is 0 Å². The summed E-state index contributed by atoms with van der Waals surface area (Å²) in [7, 11) is 0. The van der Waals surface area contributed by atoms with Crippen LogP contribution in [-0.4, -0.2) is 32.5 Å². The van der Waals surface area contributed by atoms with Crippen LogP contribution in [0.25, 0.3) is 0 Å². The average Bonchev–Trinajstić information content (AvgIpc) is 2.62. The highest BCUT2D eigenvalue weighted by Gasteiger charge is 2.04. The highest BCUT2D eigenvalue weighted by atomic mass is 16.3. The lowest BCUT2D eigenvalue weighted by atomic mass is 10.2. The number of rotatable bonds is 6. The van der Waals surface area contributed by atoms with Gasteiger partial charge >= 0.3 is 0 Å². The first-order valence-corrected chi connectivity index (χ1v) is 4.98. The van der Waals surface area contributed by atoms with Crippen molar-refractivity contribution < 1.29 is 5.11 Å². The SMILES string of the molecule is CCn1ncnc1CNC(C)CCO. The fraction of sp³-hybridized carbons (Fsp3) is 0.778. The standard InChI is InChI=1S/C9H18N4O/c1-3-13-9(11-7-12-13)6-10-8(2)4-5-14/h7-8,10,14H,3-6H2,1-2H3. The van der Waals surface area contributed by atoms with Gasteiger partial charge in [-0.2, -0.15) is 5.10 Å². The van der Waals surface area contributed by atoms with Crippen LogP contribution in [0.3, 0.4) is 0 Å². The lowest BCUT2D eigenvalue weighted by Gasteiger charge is -2.11. The molecule has 0 aliphatic heterocycles. The highest BCUT2D eigenvalue weighted by Crippen LogP contribution is 1.95. The van der Waals surface area contributed by atoms with E-state index in [1.165, 1.54) is 0 Å². The molecule has 1 heterocycles. The van der Waals surface area contributed by atoms with Crippen molar-refractivity contribution in [1.29, 1.82) is 0 Å². The molecule has 1 aromatic heterocycles. The summed E-state index contributed by atoms with van der Waals surface area (Å²) in [5, 5.41) is 16.1. The van der Waals surface area contributed by atoms with Crippen molar-refractivity contribution in [1.82, 2.24) is 20.1 Å². The van der Waals surface area contributed by atoms with E-state index in [9.17, 15) is 0 Å². The zero-order chi connectivity index (χ0) is 10.4. The van der Waals surface area contributed by atoms with Crippen LogP contribution in [0.5, 0.6) is 0 Å². The van der Waals surface area contributed by atoms with Gasteiger partial charge in [-0.1, -0.05) is 0 Å². The summed E-state index contributed by atoms with van der Waals surface area (Å²) in [5.74, 6) is 0.942. The molecule has 80 valence electrons. The first-order chi connectivity index (χ1) is 6.77. The van der Waals surface area contributed by atoms with Crippen molar-refractivity contribution in [2.75, 3.05) is 6.61 Å². The largest absolute Gasteiger partial charge is 0.396 e. The maximum absolute atomic E-state index is 8.72. The minimum Gasteiger partial charge on any atom is -0.396 e. The molecule has 2 N–H and O–H groups in total. The Kier molecular flexibility index (Phi) is 4.55. The van der Waals surface area contributed by atoms with E-state index in [1.54, 1.807) is 6.33 Å². The summed E-state index contributed by atoms with van der Waals surface area (Å²) in [4.78, 5) is 4.15. The van der Waals surface area contributed by atoms with Gasteiger partial charge in [0.25, 0.3) is 0 Å². The smallest absolute Gasteiger partial charge is 0.140 e. The summed E-state index contributed by atoms with van der Waals surface area (Å²) in [5.41, 5.74) is 0. The highest BCUT2D eigenvalue weighted by molar-refractivity contribution is 4.84. The molecular weight excluding hydrogens is 180 g/mol. The summed E-state index contributed by atoms with van der Waals surface area (Å²) in [6.45, 7) is 5.84. The Bertz CT molecular complexity index is 261. The summed E-state index contributed by atoms with van der Waals surface area (Å²) in [6, 6.07) is 0.307. The molecule has 5 heteroatoms. The van der Waals surface area contributed by atoms with Crippen LogP contribution in [-0.2, 0) is 13.1 Å². The Balaban J connectivity index is 2.37. The van der Waals surface area contributed by atoms with E-state index in [0.29, 0.717) is 12.6 Å². The van der Waals surface area contributed by atoms with Gasteiger partial charge < -0.3 is 10.4 Å². The molecular formula is C9H18N4O. The minimum atomic E-state index is 0.217. The van der Waals surface area contributed by atoms with Crippen LogP contribution < -0.4 is 5.32 Å². The number of nitrogens with one attached hydrogen (secondary N) is 1. The van der Waals surface area contributed by atoms with E-state index in [2.05, 4.69) is 15.4 Å². The van der Waals surface area contributed by atoms with Crippen LogP contribution in [0.15, 0.2) is 6.33 Å². The van der Waals surface area contributed by atoms with E-state index >= 15 is 0 Å². The average molecular weight is 198 g/mol. The van der Waals surface area contributed by atoms with Gasteiger partial charge in [-0.15, -0.1) is 0 Å². The van der Waals surface area contributed by atoms with Crippen molar-refractivity contribution in [3.05, 3.63) is 12.2 Å². The lowest BCUT2D eigenvalue weighted by Crippen LogP contribution is -2.27. The number of aryl methyl sites for hydroxylation is 1. The fourth-order valence-corrected chi connectivity index (χ4v) is 1.25. The maximum Gasteiger partial charge on any atom is 0.140 e. The third-order valence-electron chi connectivity index (χ3n) is 2.17. The number of hydrogen-bond donors (Lipinski definition) is 2. The lowest BCUT2D eigenvalue weighted by molar-refractivity contribution is 0.268. The van der Waals surface area contributed by atoms with E-state index < -0.39 is 0 Å². The Hall–Kier alpha value is -0.940. The van der Waals surface area contributed by atoms with Crippen LogP contribution in [0, 0.1) is 0 Å². The minimum absolute atomic E-state index is 0.217. The van der Waals surface area contributed by atoms with Crippen LogP contribution in [0.1, 0.15) is 26.1 Å². The van der Waals surface area contributed by atoms with Crippen LogP contribution in [0.2, 0.25) is 0 Å². The van der Waals surface area contributed by atoms with Gasteiger partial charge in [0.1, 0.15) is 12.2 Å². The van der Waals surface area contributed by atoms with Crippen LogP contribution >= 0.6 is 0 Å². The Morgan fingerprint density at radius 1 is 1.64 bits per heavy atom. The maximum atomic E-state index is 8.72. The molecule has 1 unspecified atom stereocenters. The van der Waals surface area contributed by atoms with Crippen molar-refractivity contribution in [2.24, 2.45) is 0 Å². The van der Waals surface area contributed by atoms with Crippen LogP contribution in [0.4, 0.5) is 0 Å². The molecule has 0 spiro atoms. The third-order valence-corrected chi connectivity index (χ3v) is 2.17. The second-order valence-electron chi connectivity index (χ2n) is 3.29. The summed E-state index contributed by atoms with van der Waals surface area (Å²) >= 11 is 0. The van der Waals surface area contributed by atoms with Crippen molar-refractivity contribution in [3.63, 3.8) is 0 Å². The molecule has 0 fully saturated rings. The van der Waals surface area contributed by atoms with Crippen molar-refractivity contribution in [2.45, 2.75) is 39.4 Å². The van der Waals surface area contributed by atoms with E-state index in [1.807, 2.05) is 18.5 Å². The topological polar surface area (TPSA) is 63.0 Å². The molecule has 14 heavy (non-hydrogen) atoms. The zero-order valence-electron chi connectivity index (χ0n) is 8.77. The number of aliphatic hydroxyl groups is 1.